The van der Waals surface area contributed by atoms with Crippen molar-refractivity contribution in [2.24, 2.45) is 4.99 Å². The van der Waals surface area contributed by atoms with Gasteiger partial charge in [0.15, 0.2) is 11.8 Å². The Hall–Kier alpha value is -2.02. The van der Waals surface area contributed by atoms with Crippen LogP contribution in [0.5, 0.6) is 0 Å². The number of thioether (sulfide) groups is 1. The Morgan fingerprint density at radius 2 is 2.17 bits per heavy atom. The highest BCUT2D eigenvalue weighted by Gasteiger charge is 2.29. The van der Waals surface area contributed by atoms with Crippen molar-refractivity contribution in [2.75, 3.05) is 19.3 Å². The van der Waals surface area contributed by atoms with Crippen molar-refractivity contribution in [1.29, 1.82) is 0 Å². The van der Waals surface area contributed by atoms with Crippen molar-refractivity contribution in [3.05, 3.63) is 42.5 Å². The van der Waals surface area contributed by atoms with Gasteiger partial charge in [-0.1, -0.05) is 18.2 Å². The first kappa shape index (κ1) is 16.8. The molecule has 24 heavy (non-hydrogen) atoms. The summed E-state index contributed by atoms with van der Waals surface area (Å²) in [6.07, 6.45) is 4.29. The molecule has 0 amide bonds. The highest BCUT2D eigenvalue weighted by molar-refractivity contribution is 8.00. The maximum atomic E-state index is 4.31. The largest absolute Gasteiger partial charge is 0.355 e. The minimum atomic E-state index is 0.307. The molecule has 6 nitrogen and oxygen atoms in total. The Labute approximate surface area is 147 Å². The molecular weight excluding hydrogens is 320 g/mol. The molecule has 2 heterocycles. The number of benzene rings is 1. The summed E-state index contributed by atoms with van der Waals surface area (Å²) in [7, 11) is 1.79. The third-order valence-electron chi connectivity index (χ3n) is 4.22. The summed E-state index contributed by atoms with van der Waals surface area (Å²) in [5, 5.41) is 15.0. The van der Waals surface area contributed by atoms with E-state index in [9.17, 15) is 0 Å². The van der Waals surface area contributed by atoms with Gasteiger partial charge in [-0.3, -0.25) is 9.56 Å². The van der Waals surface area contributed by atoms with Crippen molar-refractivity contribution < 1.29 is 0 Å². The molecule has 7 heteroatoms. The zero-order chi connectivity index (χ0) is 16.8. The highest BCUT2D eigenvalue weighted by Crippen LogP contribution is 2.36. The molecule has 128 valence electrons. The number of para-hydroxylation sites is 1. The van der Waals surface area contributed by atoms with Crippen LogP contribution < -0.4 is 10.6 Å². The second-order valence-electron chi connectivity index (χ2n) is 6.13. The lowest BCUT2D eigenvalue weighted by molar-refractivity contribution is 0.583. The van der Waals surface area contributed by atoms with Crippen LogP contribution in [0.2, 0.25) is 0 Å². The first-order valence-corrected chi connectivity index (χ1v) is 9.21. The van der Waals surface area contributed by atoms with Crippen LogP contribution in [0.3, 0.4) is 0 Å². The van der Waals surface area contributed by atoms with Crippen molar-refractivity contribution in [1.82, 2.24) is 25.4 Å². The van der Waals surface area contributed by atoms with Crippen molar-refractivity contribution in [3.8, 4) is 5.69 Å². The predicted octanol–water partition coefficient (Wildman–Crippen LogP) is 2.22. The summed E-state index contributed by atoms with van der Waals surface area (Å²) < 4.78 is 2.29. The fourth-order valence-electron chi connectivity index (χ4n) is 2.81. The van der Waals surface area contributed by atoms with Gasteiger partial charge in [-0.25, -0.2) is 0 Å². The minimum Gasteiger partial charge on any atom is -0.355 e. The molecule has 2 aromatic rings. The summed E-state index contributed by atoms with van der Waals surface area (Å²) in [6, 6.07) is 10.1. The number of hydrogen-bond donors (Lipinski definition) is 2. The maximum absolute atomic E-state index is 4.31. The van der Waals surface area contributed by atoms with Gasteiger partial charge in [-0.2, -0.15) is 11.8 Å². The van der Waals surface area contributed by atoms with E-state index in [1.54, 1.807) is 13.4 Å². The molecule has 1 aliphatic heterocycles. The van der Waals surface area contributed by atoms with Crippen LogP contribution in [0, 0.1) is 0 Å². The van der Waals surface area contributed by atoms with Gasteiger partial charge in [-0.15, -0.1) is 10.2 Å². The number of nitrogens with one attached hydrogen (secondary N) is 2. The molecule has 0 bridgehead atoms. The van der Waals surface area contributed by atoms with Gasteiger partial charge in [-0.05, 0) is 37.7 Å². The van der Waals surface area contributed by atoms with E-state index in [4.69, 9.17) is 0 Å². The third kappa shape index (κ3) is 4.08. The summed E-state index contributed by atoms with van der Waals surface area (Å²) in [6.45, 7) is 3.80. The van der Waals surface area contributed by atoms with Crippen molar-refractivity contribution in [2.45, 2.75) is 31.1 Å². The Kier molecular flexibility index (Phi) is 5.40. The van der Waals surface area contributed by atoms with Crippen molar-refractivity contribution >= 4 is 17.7 Å². The lowest BCUT2D eigenvalue weighted by Crippen LogP contribution is -2.43. The lowest BCUT2D eigenvalue weighted by atomic mass is 10.1. The van der Waals surface area contributed by atoms with E-state index in [1.165, 1.54) is 18.6 Å². The Morgan fingerprint density at radius 1 is 1.33 bits per heavy atom. The van der Waals surface area contributed by atoms with E-state index in [0.29, 0.717) is 11.3 Å². The average molecular weight is 344 g/mol. The molecule has 1 fully saturated rings. The number of aliphatic imine (C=N–C) groups is 1. The minimum absolute atomic E-state index is 0.307. The molecule has 1 saturated heterocycles. The highest BCUT2D eigenvalue weighted by atomic mass is 32.2. The second-order valence-corrected chi connectivity index (χ2v) is 7.82. The van der Waals surface area contributed by atoms with Crippen LogP contribution in [0.1, 0.15) is 25.6 Å². The molecule has 1 unspecified atom stereocenters. The summed E-state index contributed by atoms with van der Waals surface area (Å²) >= 11 is 2.04. The van der Waals surface area contributed by atoms with E-state index >= 15 is 0 Å². The molecule has 0 radical (unpaired) electrons. The zero-order valence-corrected chi connectivity index (χ0v) is 15.0. The molecular formula is C17H24N6S. The molecule has 0 aliphatic carbocycles. The number of hydrogen-bond acceptors (Lipinski definition) is 4. The third-order valence-corrected chi connectivity index (χ3v) is 5.76. The van der Waals surface area contributed by atoms with Crippen molar-refractivity contribution in [3.63, 3.8) is 0 Å². The Balaban J connectivity index is 1.58. The van der Waals surface area contributed by atoms with Crippen LogP contribution in [0.25, 0.3) is 5.69 Å². The fourth-order valence-corrected chi connectivity index (χ4v) is 4.06. The van der Waals surface area contributed by atoms with E-state index in [-0.39, 0.29) is 0 Å². The van der Waals surface area contributed by atoms with Gasteiger partial charge < -0.3 is 10.6 Å². The van der Waals surface area contributed by atoms with Gasteiger partial charge in [0.2, 0.25) is 0 Å². The second kappa shape index (κ2) is 7.70. The summed E-state index contributed by atoms with van der Waals surface area (Å²) in [4.78, 5) is 4.31. The maximum Gasteiger partial charge on any atom is 0.191 e. The van der Waals surface area contributed by atoms with E-state index < -0.39 is 0 Å². The summed E-state index contributed by atoms with van der Waals surface area (Å²) in [5.41, 5.74) is 1.05. The molecule has 0 spiro atoms. The Bertz CT molecular complexity index is 675. The van der Waals surface area contributed by atoms with Gasteiger partial charge in [0.25, 0.3) is 0 Å². The number of aromatic nitrogens is 3. The van der Waals surface area contributed by atoms with Gasteiger partial charge in [0, 0.05) is 24.0 Å². The standard InChI is InChI=1S/C17H24N6S/c1-17(9-6-10-24-17)12-20-16(18-2)19-11-15-22-21-13-23(15)14-7-4-3-5-8-14/h3-5,7-8,13H,6,9-12H2,1-2H3,(H2,18,19,20). The number of nitrogens with zero attached hydrogens (tertiary/aromatic N) is 4. The average Bonchev–Trinajstić information content (AvgIpc) is 3.25. The predicted molar refractivity (Wildman–Crippen MR) is 99.7 cm³/mol. The molecule has 0 saturated carbocycles. The van der Waals surface area contributed by atoms with Crippen LogP contribution in [0.15, 0.2) is 41.7 Å². The van der Waals surface area contributed by atoms with E-state index in [0.717, 1.165) is 24.0 Å². The number of rotatable bonds is 5. The monoisotopic (exact) mass is 344 g/mol. The number of guanidine groups is 1. The van der Waals surface area contributed by atoms with E-state index in [2.05, 4.69) is 32.7 Å². The lowest BCUT2D eigenvalue weighted by Gasteiger charge is -2.24. The normalized spacial score (nSPS) is 21.0. The SMILES string of the molecule is CN=C(NCc1nncn1-c1ccccc1)NCC1(C)CCCS1. The van der Waals surface area contributed by atoms with E-state index in [1.807, 2.05) is 46.7 Å². The zero-order valence-electron chi connectivity index (χ0n) is 14.2. The smallest absolute Gasteiger partial charge is 0.191 e. The fraction of sp³-hybridized carbons (Fsp3) is 0.471. The van der Waals surface area contributed by atoms with Crippen LogP contribution in [-0.4, -0.2) is 44.8 Å². The molecule has 3 rings (SSSR count). The van der Waals surface area contributed by atoms with Gasteiger partial charge in [0.05, 0.1) is 6.54 Å². The van der Waals surface area contributed by atoms with Crippen LogP contribution in [0.4, 0.5) is 0 Å². The Morgan fingerprint density at radius 3 is 2.88 bits per heavy atom. The molecule has 2 N–H and O–H groups in total. The van der Waals surface area contributed by atoms with Crippen LogP contribution in [-0.2, 0) is 6.54 Å². The van der Waals surface area contributed by atoms with Crippen LogP contribution >= 0.6 is 11.8 Å². The first-order valence-electron chi connectivity index (χ1n) is 8.23. The topological polar surface area (TPSA) is 67.1 Å². The van der Waals surface area contributed by atoms with Gasteiger partial charge >= 0.3 is 0 Å². The molecule has 1 aromatic carbocycles. The molecule has 1 atom stereocenters. The molecule has 1 aromatic heterocycles. The van der Waals surface area contributed by atoms with Gasteiger partial charge in [0.1, 0.15) is 6.33 Å². The first-order chi connectivity index (χ1) is 11.7. The molecule has 1 aliphatic rings. The summed E-state index contributed by atoms with van der Waals surface area (Å²) in [5.74, 6) is 2.90. The quantitative estimate of drug-likeness (QED) is 0.643.